The Morgan fingerprint density at radius 1 is 1.41 bits per heavy atom. The maximum Gasteiger partial charge on any atom is 0.125 e. The first-order valence-corrected chi connectivity index (χ1v) is 7.08. The van der Waals surface area contributed by atoms with Crippen LogP contribution in [0.3, 0.4) is 0 Å². The van der Waals surface area contributed by atoms with Crippen LogP contribution in [0.25, 0.3) is 0 Å². The lowest BCUT2D eigenvalue weighted by Crippen LogP contribution is -2.03. The Bertz CT molecular complexity index is 482. The van der Waals surface area contributed by atoms with E-state index >= 15 is 0 Å². The standard InChI is InChI=1S/C13H13BrO2S/c1-2-16-12-4-3-10(14)7-11(12)13(15)9-5-6-17-8-9/h3-8,13,15H,2H2,1H3. The van der Waals surface area contributed by atoms with Crippen molar-refractivity contribution in [1.82, 2.24) is 0 Å². The zero-order valence-electron chi connectivity index (χ0n) is 9.39. The number of benzene rings is 1. The Morgan fingerprint density at radius 2 is 2.24 bits per heavy atom. The molecule has 0 spiro atoms. The summed E-state index contributed by atoms with van der Waals surface area (Å²) in [5.74, 6) is 0.731. The van der Waals surface area contributed by atoms with Gasteiger partial charge in [0.05, 0.1) is 6.61 Å². The first-order chi connectivity index (χ1) is 8.22. The van der Waals surface area contributed by atoms with E-state index in [-0.39, 0.29) is 0 Å². The van der Waals surface area contributed by atoms with Crippen molar-refractivity contribution in [2.24, 2.45) is 0 Å². The van der Waals surface area contributed by atoms with Crippen LogP contribution in [0, 0.1) is 0 Å². The molecule has 1 aromatic carbocycles. The molecule has 1 aromatic heterocycles. The molecule has 0 aliphatic heterocycles. The van der Waals surface area contributed by atoms with Crippen LogP contribution in [0.15, 0.2) is 39.5 Å². The summed E-state index contributed by atoms with van der Waals surface area (Å²) < 4.78 is 6.47. The van der Waals surface area contributed by atoms with E-state index in [0.29, 0.717) is 6.61 Å². The number of halogens is 1. The number of aliphatic hydroxyl groups excluding tert-OH is 1. The minimum atomic E-state index is -0.639. The van der Waals surface area contributed by atoms with Gasteiger partial charge in [0.1, 0.15) is 11.9 Å². The van der Waals surface area contributed by atoms with Crippen molar-refractivity contribution in [3.63, 3.8) is 0 Å². The zero-order valence-corrected chi connectivity index (χ0v) is 11.8. The second-order valence-corrected chi connectivity index (χ2v) is 5.27. The van der Waals surface area contributed by atoms with Gasteiger partial charge in [-0.15, -0.1) is 0 Å². The van der Waals surface area contributed by atoms with Crippen molar-refractivity contribution >= 4 is 27.3 Å². The predicted molar refractivity (Wildman–Crippen MR) is 73.7 cm³/mol. The first-order valence-electron chi connectivity index (χ1n) is 5.34. The molecule has 0 saturated heterocycles. The van der Waals surface area contributed by atoms with Gasteiger partial charge >= 0.3 is 0 Å². The van der Waals surface area contributed by atoms with Gasteiger partial charge in [0.2, 0.25) is 0 Å². The summed E-state index contributed by atoms with van der Waals surface area (Å²) in [4.78, 5) is 0. The molecule has 4 heteroatoms. The number of ether oxygens (including phenoxy) is 1. The van der Waals surface area contributed by atoms with Crippen molar-refractivity contribution in [3.05, 3.63) is 50.6 Å². The molecule has 0 bridgehead atoms. The molecule has 2 nitrogen and oxygen atoms in total. The largest absolute Gasteiger partial charge is 0.493 e. The van der Waals surface area contributed by atoms with Crippen LogP contribution in [0.4, 0.5) is 0 Å². The summed E-state index contributed by atoms with van der Waals surface area (Å²) in [6.07, 6.45) is -0.639. The third kappa shape index (κ3) is 2.89. The van der Waals surface area contributed by atoms with Crippen molar-refractivity contribution in [1.29, 1.82) is 0 Å². The normalized spacial score (nSPS) is 12.4. The smallest absolute Gasteiger partial charge is 0.125 e. The lowest BCUT2D eigenvalue weighted by Gasteiger charge is -2.15. The van der Waals surface area contributed by atoms with Crippen LogP contribution in [0.5, 0.6) is 5.75 Å². The number of thiophene rings is 1. The molecule has 0 radical (unpaired) electrons. The summed E-state index contributed by atoms with van der Waals surface area (Å²) in [5, 5.41) is 14.2. The molecule has 1 atom stereocenters. The van der Waals surface area contributed by atoms with Gasteiger partial charge in [-0.05, 0) is 47.5 Å². The molecule has 2 aromatic rings. The van der Waals surface area contributed by atoms with E-state index in [9.17, 15) is 5.11 Å². The van der Waals surface area contributed by atoms with E-state index in [0.717, 1.165) is 21.3 Å². The number of hydrogen-bond acceptors (Lipinski definition) is 3. The molecule has 0 aliphatic carbocycles. The Balaban J connectivity index is 2.38. The third-order valence-corrected chi connectivity index (χ3v) is 3.62. The van der Waals surface area contributed by atoms with Gasteiger partial charge in [0.25, 0.3) is 0 Å². The van der Waals surface area contributed by atoms with Crippen LogP contribution >= 0.6 is 27.3 Å². The summed E-state index contributed by atoms with van der Waals surface area (Å²) in [7, 11) is 0. The van der Waals surface area contributed by atoms with Gasteiger partial charge in [-0.3, -0.25) is 0 Å². The Labute approximate surface area is 113 Å². The monoisotopic (exact) mass is 312 g/mol. The van der Waals surface area contributed by atoms with E-state index in [1.165, 1.54) is 0 Å². The topological polar surface area (TPSA) is 29.5 Å². The highest BCUT2D eigenvalue weighted by molar-refractivity contribution is 9.10. The van der Waals surface area contributed by atoms with E-state index in [1.807, 2.05) is 41.9 Å². The highest BCUT2D eigenvalue weighted by Crippen LogP contribution is 2.33. The maximum absolute atomic E-state index is 10.3. The van der Waals surface area contributed by atoms with Crippen molar-refractivity contribution in [2.75, 3.05) is 6.61 Å². The molecule has 90 valence electrons. The second kappa shape index (κ2) is 5.67. The third-order valence-electron chi connectivity index (χ3n) is 2.43. The zero-order chi connectivity index (χ0) is 12.3. The summed E-state index contributed by atoms with van der Waals surface area (Å²) in [6.45, 7) is 2.52. The lowest BCUT2D eigenvalue weighted by molar-refractivity contribution is 0.212. The molecular formula is C13H13BrO2S. The molecule has 1 heterocycles. The molecule has 0 amide bonds. The number of rotatable bonds is 4. The first kappa shape index (κ1) is 12.6. The Kier molecular flexibility index (Phi) is 4.20. The van der Waals surface area contributed by atoms with Gasteiger partial charge in [0, 0.05) is 10.0 Å². The summed E-state index contributed by atoms with van der Waals surface area (Å²) >= 11 is 4.99. The fraction of sp³-hybridized carbons (Fsp3) is 0.231. The highest BCUT2D eigenvalue weighted by Gasteiger charge is 2.16. The highest BCUT2D eigenvalue weighted by atomic mass is 79.9. The van der Waals surface area contributed by atoms with Crippen LogP contribution in [-0.4, -0.2) is 11.7 Å². The quantitative estimate of drug-likeness (QED) is 0.925. The molecule has 1 N–H and O–H groups in total. The number of aliphatic hydroxyl groups is 1. The average molecular weight is 313 g/mol. The van der Waals surface area contributed by atoms with Crippen molar-refractivity contribution in [3.8, 4) is 5.75 Å². The summed E-state index contributed by atoms with van der Waals surface area (Å²) in [5.41, 5.74) is 1.69. The van der Waals surface area contributed by atoms with Gasteiger partial charge in [-0.2, -0.15) is 11.3 Å². The molecule has 0 saturated carbocycles. The lowest BCUT2D eigenvalue weighted by atomic mass is 10.0. The van der Waals surface area contributed by atoms with Crippen LogP contribution in [0.2, 0.25) is 0 Å². The van der Waals surface area contributed by atoms with Crippen LogP contribution < -0.4 is 4.74 Å². The molecule has 1 unspecified atom stereocenters. The van der Waals surface area contributed by atoms with Crippen molar-refractivity contribution in [2.45, 2.75) is 13.0 Å². The molecule has 17 heavy (non-hydrogen) atoms. The van der Waals surface area contributed by atoms with Crippen molar-refractivity contribution < 1.29 is 9.84 Å². The van der Waals surface area contributed by atoms with Crippen LogP contribution in [-0.2, 0) is 0 Å². The molecular weight excluding hydrogens is 300 g/mol. The molecule has 0 fully saturated rings. The van der Waals surface area contributed by atoms with E-state index in [2.05, 4.69) is 15.9 Å². The fourth-order valence-electron chi connectivity index (χ4n) is 1.63. The minimum Gasteiger partial charge on any atom is -0.493 e. The predicted octanol–water partition coefficient (Wildman–Crippen LogP) is 3.99. The minimum absolute atomic E-state index is 0.588. The van der Waals surface area contributed by atoms with Gasteiger partial charge in [-0.1, -0.05) is 15.9 Å². The number of hydrogen-bond donors (Lipinski definition) is 1. The SMILES string of the molecule is CCOc1ccc(Br)cc1C(O)c1ccsc1. The van der Waals surface area contributed by atoms with E-state index in [4.69, 9.17) is 4.74 Å². The van der Waals surface area contributed by atoms with Gasteiger partial charge in [-0.25, -0.2) is 0 Å². The van der Waals surface area contributed by atoms with Crippen LogP contribution in [0.1, 0.15) is 24.2 Å². The Morgan fingerprint density at radius 3 is 2.88 bits per heavy atom. The summed E-state index contributed by atoms with van der Waals surface area (Å²) in [6, 6.07) is 7.60. The average Bonchev–Trinajstić information content (AvgIpc) is 2.84. The molecule has 2 rings (SSSR count). The fourth-order valence-corrected chi connectivity index (χ4v) is 2.69. The maximum atomic E-state index is 10.3. The van der Waals surface area contributed by atoms with Gasteiger partial charge in [0.15, 0.2) is 0 Å². The van der Waals surface area contributed by atoms with E-state index in [1.54, 1.807) is 11.3 Å². The Hall–Kier alpha value is -0.840. The second-order valence-electron chi connectivity index (χ2n) is 3.57. The van der Waals surface area contributed by atoms with Gasteiger partial charge < -0.3 is 9.84 Å². The van der Waals surface area contributed by atoms with E-state index < -0.39 is 6.10 Å². The molecule has 0 aliphatic rings.